The van der Waals surface area contributed by atoms with Gasteiger partial charge in [0.1, 0.15) is 6.04 Å². The van der Waals surface area contributed by atoms with E-state index in [0.717, 1.165) is 12.8 Å². The molecule has 0 aliphatic heterocycles. The van der Waals surface area contributed by atoms with Crippen LogP contribution in [-0.2, 0) is 9.53 Å². The number of hydrogen-bond acceptors (Lipinski definition) is 3. The molecule has 1 rings (SSSR count). The number of ether oxygens (including phenoxy) is 1. The Balaban J connectivity index is 2.30. The summed E-state index contributed by atoms with van der Waals surface area (Å²) >= 11 is 0. The van der Waals surface area contributed by atoms with Gasteiger partial charge < -0.3 is 15.8 Å². The molecule has 5 nitrogen and oxygen atoms in total. The van der Waals surface area contributed by atoms with Crippen molar-refractivity contribution in [1.29, 1.82) is 0 Å². The SMILES string of the molecule is CC#CCC[C@@H]1[C@H](C)[C@H]1COC(=O)N[C@H](C(N)=O)C(C)C. The highest BCUT2D eigenvalue weighted by molar-refractivity contribution is 5.84. The number of alkyl carbamates (subject to hydrolysis) is 1. The molecule has 0 radical (unpaired) electrons. The molecule has 0 saturated heterocycles. The second-order valence-electron chi connectivity index (χ2n) is 6.02. The Morgan fingerprint density at radius 2 is 2.00 bits per heavy atom. The minimum atomic E-state index is -0.690. The summed E-state index contributed by atoms with van der Waals surface area (Å²) in [6.45, 7) is 8.04. The third kappa shape index (κ3) is 5.30. The molecule has 1 fully saturated rings. The van der Waals surface area contributed by atoms with Crippen molar-refractivity contribution in [1.82, 2.24) is 5.32 Å². The Kier molecular flexibility index (Phi) is 6.54. The standard InChI is InChI=1S/C16H26N2O3/c1-5-6-7-8-12-11(4)13(12)9-21-16(20)18-14(10(2)3)15(17)19/h10-14H,7-9H2,1-4H3,(H2,17,19)(H,18,20)/t11-,12+,13+,14-/m0/s1. The van der Waals surface area contributed by atoms with Gasteiger partial charge in [0.25, 0.3) is 0 Å². The third-order valence-electron chi connectivity index (χ3n) is 4.19. The number of nitrogens with two attached hydrogens (primary N) is 1. The molecule has 1 aliphatic carbocycles. The van der Waals surface area contributed by atoms with Crippen LogP contribution >= 0.6 is 0 Å². The van der Waals surface area contributed by atoms with Crippen LogP contribution in [0.3, 0.4) is 0 Å². The second-order valence-corrected chi connectivity index (χ2v) is 6.02. The van der Waals surface area contributed by atoms with Crippen LogP contribution < -0.4 is 11.1 Å². The van der Waals surface area contributed by atoms with Gasteiger partial charge in [-0.3, -0.25) is 4.79 Å². The lowest BCUT2D eigenvalue weighted by Crippen LogP contribution is -2.48. The maximum absolute atomic E-state index is 11.7. The predicted molar refractivity (Wildman–Crippen MR) is 81.1 cm³/mol. The van der Waals surface area contributed by atoms with Crippen molar-refractivity contribution in [2.45, 2.75) is 46.6 Å². The van der Waals surface area contributed by atoms with Crippen LogP contribution in [0.2, 0.25) is 0 Å². The van der Waals surface area contributed by atoms with Crippen LogP contribution in [0.1, 0.15) is 40.5 Å². The van der Waals surface area contributed by atoms with Crippen LogP contribution in [0.4, 0.5) is 4.79 Å². The Labute approximate surface area is 127 Å². The fourth-order valence-electron chi connectivity index (χ4n) is 2.66. The molecule has 0 aromatic heterocycles. The largest absolute Gasteiger partial charge is 0.449 e. The molecule has 3 N–H and O–H groups in total. The van der Waals surface area contributed by atoms with Crippen molar-refractivity contribution >= 4 is 12.0 Å². The summed E-state index contributed by atoms with van der Waals surface area (Å²) in [5.41, 5.74) is 5.24. The van der Waals surface area contributed by atoms with E-state index in [9.17, 15) is 9.59 Å². The lowest BCUT2D eigenvalue weighted by molar-refractivity contribution is -0.120. The van der Waals surface area contributed by atoms with Gasteiger partial charge in [0.15, 0.2) is 0 Å². The lowest BCUT2D eigenvalue weighted by atomic mass is 10.0. The normalized spacial score (nSPS) is 24.7. The van der Waals surface area contributed by atoms with E-state index in [2.05, 4.69) is 24.1 Å². The van der Waals surface area contributed by atoms with Crippen LogP contribution in [0.25, 0.3) is 0 Å². The fourth-order valence-corrected chi connectivity index (χ4v) is 2.66. The zero-order valence-electron chi connectivity index (χ0n) is 13.3. The fraction of sp³-hybridized carbons (Fsp3) is 0.750. The average molecular weight is 294 g/mol. The van der Waals surface area contributed by atoms with Gasteiger partial charge in [-0.25, -0.2) is 4.79 Å². The minimum absolute atomic E-state index is 0.0599. The summed E-state index contributed by atoms with van der Waals surface area (Å²) in [4.78, 5) is 22.9. The molecule has 118 valence electrons. The lowest BCUT2D eigenvalue weighted by Gasteiger charge is -2.18. The first-order chi connectivity index (χ1) is 9.88. The third-order valence-corrected chi connectivity index (χ3v) is 4.19. The van der Waals surface area contributed by atoms with Gasteiger partial charge >= 0.3 is 6.09 Å². The molecule has 0 bridgehead atoms. The first kappa shape index (κ1) is 17.4. The molecular weight excluding hydrogens is 268 g/mol. The van der Waals surface area contributed by atoms with Gasteiger partial charge in [0.05, 0.1) is 6.61 Å². The molecule has 2 amide bonds. The van der Waals surface area contributed by atoms with E-state index in [1.54, 1.807) is 0 Å². The van der Waals surface area contributed by atoms with Crippen molar-refractivity contribution in [2.75, 3.05) is 6.61 Å². The monoisotopic (exact) mass is 294 g/mol. The zero-order chi connectivity index (χ0) is 16.0. The van der Waals surface area contributed by atoms with E-state index in [-0.39, 0.29) is 5.92 Å². The molecule has 4 atom stereocenters. The number of hydrogen-bond donors (Lipinski definition) is 2. The van der Waals surface area contributed by atoms with E-state index < -0.39 is 18.0 Å². The number of carbonyl (C=O) groups excluding carboxylic acids is 2. The highest BCUT2D eigenvalue weighted by Gasteiger charge is 2.46. The van der Waals surface area contributed by atoms with Gasteiger partial charge in [-0.2, -0.15) is 0 Å². The van der Waals surface area contributed by atoms with Crippen molar-refractivity contribution in [2.24, 2.45) is 29.4 Å². The summed E-state index contributed by atoms with van der Waals surface area (Å²) in [6.07, 6.45) is 1.37. The summed E-state index contributed by atoms with van der Waals surface area (Å²) in [5.74, 6) is 6.88. The smallest absolute Gasteiger partial charge is 0.407 e. The van der Waals surface area contributed by atoms with Gasteiger partial charge in [-0.1, -0.05) is 20.8 Å². The van der Waals surface area contributed by atoms with Crippen LogP contribution in [0, 0.1) is 35.5 Å². The number of amides is 2. The zero-order valence-corrected chi connectivity index (χ0v) is 13.3. The molecular formula is C16H26N2O3. The van der Waals surface area contributed by atoms with E-state index >= 15 is 0 Å². The molecule has 5 heteroatoms. The van der Waals surface area contributed by atoms with Gasteiger partial charge in [0, 0.05) is 6.42 Å². The Morgan fingerprint density at radius 3 is 2.52 bits per heavy atom. The van der Waals surface area contributed by atoms with Gasteiger partial charge in [-0.15, -0.1) is 11.8 Å². The second kappa shape index (κ2) is 7.92. The van der Waals surface area contributed by atoms with Gasteiger partial charge in [0.2, 0.25) is 5.91 Å². The van der Waals surface area contributed by atoms with Crippen molar-refractivity contribution in [3.63, 3.8) is 0 Å². The molecule has 0 aromatic rings. The highest BCUT2D eigenvalue weighted by Crippen LogP contribution is 2.48. The number of carbonyl (C=O) groups is 2. The Hall–Kier alpha value is -1.70. The van der Waals surface area contributed by atoms with Crippen LogP contribution in [0.15, 0.2) is 0 Å². The first-order valence-corrected chi connectivity index (χ1v) is 7.50. The maximum Gasteiger partial charge on any atom is 0.407 e. The van der Waals surface area contributed by atoms with E-state index in [4.69, 9.17) is 10.5 Å². The highest BCUT2D eigenvalue weighted by atomic mass is 16.5. The van der Waals surface area contributed by atoms with Crippen molar-refractivity contribution in [3.05, 3.63) is 0 Å². The topological polar surface area (TPSA) is 81.4 Å². The number of rotatable bonds is 7. The number of nitrogens with one attached hydrogen (secondary N) is 1. The molecule has 0 heterocycles. The molecule has 0 aromatic carbocycles. The molecule has 1 aliphatic rings. The molecule has 0 unspecified atom stereocenters. The summed E-state index contributed by atoms with van der Waals surface area (Å²) in [7, 11) is 0. The average Bonchev–Trinajstić information content (AvgIpc) is 3.02. The Bertz CT molecular complexity index is 437. The van der Waals surface area contributed by atoms with E-state index in [1.165, 1.54) is 0 Å². The number of primary amides is 1. The summed E-state index contributed by atoms with van der Waals surface area (Å²) in [5, 5.41) is 2.52. The maximum atomic E-state index is 11.7. The van der Waals surface area contributed by atoms with Crippen LogP contribution in [-0.4, -0.2) is 24.6 Å². The molecule has 1 saturated carbocycles. The van der Waals surface area contributed by atoms with Crippen LogP contribution in [0.5, 0.6) is 0 Å². The summed E-state index contributed by atoms with van der Waals surface area (Å²) < 4.78 is 5.21. The van der Waals surface area contributed by atoms with E-state index in [1.807, 2.05) is 20.8 Å². The predicted octanol–water partition coefficient (Wildman–Crippen LogP) is 1.91. The molecule has 21 heavy (non-hydrogen) atoms. The summed E-state index contributed by atoms with van der Waals surface area (Å²) in [6, 6.07) is -0.690. The van der Waals surface area contributed by atoms with E-state index in [0.29, 0.717) is 24.4 Å². The quantitative estimate of drug-likeness (QED) is 0.704. The molecule has 0 spiro atoms. The van der Waals surface area contributed by atoms with Crippen molar-refractivity contribution in [3.8, 4) is 11.8 Å². The van der Waals surface area contributed by atoms with Gasteiger partial charge in [-0.05, 0) is 37.0 Å². The Morgan fingerprint density at radius 1 is 1.33 bits per heavy atom. The first-order valence-electron chi connectivity index (χ1n) is 7.50. The van der Waals surface area contributed by atoms with Crippen molar-refractivity contribution < 1.29 is 14.3 Å². The minimum Gasteiger partial charge on any atom is -0.449 e.